The van der Waals surface area contributed by atoms with Crippen molar-refractivity contribution in [1.29, 1.82) is 0 Å². The molecular formula is C13H11ClN2O3. The fourth-order valence-corrected chi connectivity index (χ4v) is 1.72. The van der Waals surface area contributed by atoms with Gasteiger partial charge in [0.2, 0.25) is 0 Å². The van der Waals surface area contributed by atoms with E-state index in [1.54, 1.807) is 18.2 Å². The summed E-state index contributed by atoms with van der Waals surface area (Å²) in [4.78, 5) is 19.3. The maximum atomic E-state index is 11.2. The van der Waals surface area contributed by atoms with Crippen molar-refractivity contribution in [3.8, 4) is 17.1 Å². The van der Waals surface area contributed by atoms with Crippen molar-refractivity contribution in [3.63, 3.8) is 0 Å². The molecule has 0 bridgehead atoms. The lowest BCUT2D eigenvalue weighted by atomic mass is 10.2. The molecule has 5 nitrogen and oxygen atoms in total. The summed E-state index contributed by atoms with van der Waals surface area (Å²) < 4.78 is 4.55. The Morgan fingerprint density at radius 3 is 2.79 bits per heavy atom. The fraction of sp³-hybridized carbons (Fsp3) is 0.154. The van der Waals surface area contributed by atoms with Gasteiger partial charge in [0.1, 0.15) is 10.9 Å². The smallest absolute Gasteiger partial charge is 0.310 e. The van der Waals surface area contributed by atoms with Crippen LogP contribution in [0.1, 0.15) is 5.56 Å². The van der Waals surface area contributed by atoms with Crippen molar-refractivity contribution in [2.24, 2.45) is 0 Å². The van der Waals surface area contributed by atoms with E-state index in [0.29, 0.717) is 17.0 Å². The summed E-state index contributed by atoms with van der Waals surface area (Å²) in [5, 5.41) is 9.88. The van der Waals surface area contributed by atoms with Crippen molar-refractivity contribution < 1.29 is 14.6 Å². The Balaban J connectivity index is 2.34. The van der Waals surface area contributed by atoms with Gasteiger partial charge < -0.3 is 9.84 Å². The molecule has 0 saturated heterocycles. The van der Waals surface area contributed by atoms with E-state index in [0.717, 1.165) is 0 Å². The number of phenolic OH excluding ortho intramolecular Hbond substituents is 1. The molecular weight excluding hydrogens is 268 g/mol. The quantitative estimate of drug-likeness (QED) is 0.688. The molecule has 1 aromatic carbocycles. The minimum absolute atomic E-state index is 0.0103. The number of aromatic hydroxyl groups is 1. The largest absolute Gasteiger partial charge is 0.507 e. The zero-order valence-electron chi connectivity index (χ0n) is 10.1. The lowest BCUT2D eigenvalue weighted by Crippen LogP contribution is -2.06. The van der Waals surface area contributed by atoms with Crippen molar-refractivity contribution in [3.05, 3.63) is 41.2 Å². The molecule has 1 heterocycles. The maximum Gasteiger partial charge on any atom is 0.310 e. The summed E-state index contributed by atoms with van der Waals surface area (Å²) in [6.07, 6.45) is 1.46. The second kappa shape index (κ2) is 5.67. The predicted octanol–water partition coefficient (Wildman–Crippen LogP) is 2.22. The van der Waals surface area contributed by atoms with E-state index >= 15 is 0 Å². The molecule has 1 N–H and O–H groups in total. The van der Waals surface area contributed by atoms with Gasteiger partial charge in [-0.05, 0) is 12.1 Å². The third-order valence-electron chi connectivity index (χ3n) is 2.52. The number of halogens is 1. The van der Waals surface area contributed by atoms with Crippen LogP contribution < -0.4 is 0 Å². The van der Waals surface area contributed by atoms with Crippen LogP contribution in [0, 0.1) is 0 Å². The second-order valence-electron chi connectivity index (χ2n) is 3.78. The Morgan fingerprint density at radius 1 is 1.42 bits per heavy atom. The Bertz CT molecular complexity index is 617. The standard InChI is InChI=1S/C13H11ClN2O3/c1-19-11(18)6-8-7-15-13(16-12(8)14)9-4-2-3-5-10(9)17/h2-5,7,17H,6H2,1H3. The first-order chi connectivity index (χ1) is 9.11. The van der Waals surface area contributed by atoms with Gasteiger partial charge in [0.25, 0.3) is 0 Å². The first-order valence-electron chi connectivity index (χ1n) is 5.48. The number of ether oxygens (including phenoxy) is 1. The van der Waals surface area contributed by atoms with Crippen LogP contribution in [0.25, 0.3) is 11.4 Å². The minimum Gasteiger partial charge on any atom is -0.507 e. The number of benzene rings is 1. The van der Waals surface area contributed by atoms with Crippen LogP contribution in [-0.4, -0.2) is 28.2 Å². The molecule has 98 valence electrons. The molecule has 0 unspecified atom stereocenters. The highest BCUT2D eigenvalue weighted by atomic mass is 35.5. The third kappa shape index (κ3) is 3.00. The summed E-state index contributed by atoms with van der Waals surface area (Å²) in [7, 11) is 1.30. The number of esters is 1. The first kappa shape index (κ1) is 13.3. The minimum atomic E-state index is -0.416. The van der Waals surface area contributed by atoms with E-state index < -0.39 is 5.97 Å². The number of nitrogens with zero attached hydrogens (tertiary/aromatic N) is 2. The molecule has 0 amide bonds. The number of para-hydroxylation sites is 1. The molecule has 0 fully saturated rings. The fourth-order valence-electron chi connectivity index (χ4n) is 1.52. The molecule has 0 radical (unpaired) electrons. The maximum absolute atomic E-state index is 11.2. The predicted molar refractivity (Wildman–Crippen MR) is 69.9 cm³/mol. The van der Waals surface area contributed by atoms with Crippen LogP contribution in [0.4, 0.5) is 0 Å². The zero-order valence-corrected chi connectivity index (χ0v) is 10.9. The lowest BCUT2D eigenvalue weighted by molar-refractivity contribution is -0.139. The van der Waals surface area contributed by atoms with Gasteiger partial charge in [0.05, 0.1) is 19.1 Å². The van der Waals surface area contributed by atoms with Crippen LogP contribution in [0.3, 0.4) is 0 Å². The Hall–Kier alpha value is -2.14. The Kier molecular flexibility index (Phi) is 3.97. The molecule has 0 spiro atoms. The van der Waals surface area contributed by atoms with Gasteiger partial charge in [0, 0.05) is 11.8 Å². The SMILES string of the molecule is COC(=O)Cc1cnc(-c2ccccc2O)nc1Cl. The molecule has 19 heavy (non-hydrogen) atoms. The summed E-state index contributed by atoms with van der Waals surface area (Å²) in [5.41, 5.74) is 0.960. The number of aromatic nitrogens is 2. The van der Waals surface area contributed by atoms with Gasteiger partial charge >= 0.3 is 5.97 Å². The monoisotopic (exact) mass is 278 g/mol. The van der Waals surface area contributed by atoms with E-state index in [4.69, 9.17) is 11.6 Å². The van der Waals surface area contributed by atoms with Crippen molar-refractivity contribution in [2.45, 2.75) is 6.42 Å². The first-order valence-corrected chi connectivity index (χ1v) is 5.86. The molecule has 0 aliphatic rings. The highest BCUT2D eigenvalue weighted by molar-refractivity contribution is 6.30. The summed E-state index contributed by atoms with van der Waals surface area (Å²) in [5.74, 6) is -0.0446. The van der Waals surface area contributed by atoms with Gasteiger partial charge in [-0.15, -0.1) is 0 Å². The van der Waals surface area contributed by atoms with Gasteiger partial charge in [-0.3, -0.25) is 4.79 Å². The highest BCUT2D eigenvalue weighted by Crippen LogP contribution is 2.27. The molecule has 6 heteroatoms. The van der Waals surface area contributed by atoms with Crippen LogP contribution in [0.2, 0.25) is 5.15 Å². The molecule has 0 atom stereocenters. The van der Waals surface area contributed by atoms with E-state index in [2.05, 4.69) is 14.7 Å². The number of carbonyl (C=O) groups is 1. The van der Waals surface area contributed by atoms with E-state index in [-0.39, 0.29) is 17.3 Å². The van der Waals surface area contributed by atoms with Gasteiger partial charge in [-0.2, -0.15) is 0 Å². The normalized spacial score (nSPS) is 10.2. The molecule has 0 aliphatic heterocycles. The van der Waals surface area contributed by atoms with Crippen LogP contribution in [-0.2, 0) is 16.0 Å². The van der Waals surface area contributed by atoms with E-state index in [1.165, 1.54) is 19.4 Å². The number of phenols is 1. The van der Waals surface area contributed by atoms with Crippen LogP contribution in [0.5, 0.6) is 5.75 Å². The van der Waals surface area contributed by atoms with Gasteiger partial charge in [0.15, 0.2) is 5.82 Å². The van der Waals surface area contributed by atoms with Crippen molar-refractivity contribution in [2.75, 3.05) is 7.11 Å². The summed E-state index contributed by atoms with van der Waals surface area (Å²) >= 11 is 5.99. The van der Waals surface area contributed by atoms with Gasteiger partial charge in [-0.25, -0.2) is 9.97 Å². The third-order valence-corrected chi connectivity index (χ3v) is 2.85. The summed E-state index contributed by atoms with van der Waals surface area (Å²) in [6, 6.07) is 6.68. The molecule has 2 rings (SSSR count). The molecule has 2 aromatic rings. The Morgan fingerprint density at radius 2 is 2.16 bits per heavy atom. The zero-order chi connectivity index (χ0) is 13.8. The van der Waals surface area contributed by atoms with Gasteiger partial charge in [-0.1, -0.05) is 23.7 Å². The summed E-state index contributed by atoms with van der Waals surface area (Å²) in [6.45, 7) is 0. The topological polar surface area (TPSA) is 72.3 Å². The second-order valence-corrected chi connectivity index (χ2v) is 4.14. The number of carbonyl (C=O) groups excluding carboxylic acids is 1. The van der Waals surface area contributed by atoms with Crippen LogP contribution >= 0.6 is 11.6 Å². The lowest BCUT2D eigenvalue weighted by Gasteiger charge is -2.06. The van der Waals surface area contributed by atoms with E-state index in [9.17, 15) is 9.90 Å². The number of methoxy groups -OCH3 is 1. The van der Waals surface area contributed by atoms with Crippen LogP contribution in [0.15, 0.2) is 30.5 Å². The number of hydrogen-bond donors (Lipinski definition) is 1. The highest BCUT2D eigenvalue weighted by Gasteiger charge is 2.12. The average molecular weight is 279 g/mol. The molecule has 0 saturated carbocycles. The van der Waals surface area contributed by atoms with E-state index in [1.807, 2.05) is 0 Å². The van der Waals surface area contributed by atoms with Crippen molar-refractivity contribution in [1.82, 2.24) is 9.97 Å². The molecule has 0 aliphatic carbocycles. The Labute approximate surface area is 114 Å². The van der Waals surface area contributed by atoms with Crippen molar-refractivity contribution >= 4 is 17.6 Å². The average Bonchev–Trinajstić information content (AvgIpc) is 2.41. The number of hydrogen-bond acceptors (Lipinski definition) is 5. The number of rotatable bonds is 3. The molecule has 1 aromatic heterocycles.